The van der Waals surface area contributed by atoms with Crippen LogP contribution in [0.3, 0.4) is 0 Å². The Balaban J connectivity index is 1.29. The van der Waals surface area contributed by atoms with Gasteiger partial charge >= 0.3 is 5.97 Å². The van der Waals surface area contributed by atoms with Crippen LogP contribution in [0.1, 0.15) is 33.5 Å². The van der Waals surface area contributed by atoms with Gasteiger partial charge in [0.1, 0.15) is 23.8 Å². The van der Waals surface area contributed by atoms with E-state index in [1.165, 1.54) is 29.6 Å². The molecule has 0 unspecified atom stereocenters. The number of hydrogen-bond acceptors (Lipinski definition) is 8. The van der Waals surface area contributed by atoms with Gasteiger partial charge in [-0.15, -0.1) is 23.1 Å². The van der Waals surface area contributed by atoms with Gasteiger partial charge in [0.25, 0.3) is 0 Å². The fourth-order valence-corrected chi connectivity index (χ4v) is 6.39. The Bertz CT molecular complexity index is 1550. The zero-order valence-electron chi connectivity index (χ0n) is 21.7. The Morgan fingerprint density at radius 2 is 1.84 bits per heavy atom. The highest BCUT2D eigenvalue weighted by molar-refractivity contribution is 7.99. The largest absolute Gasteiger partial charge is 0.486 e. The number of amides is 1. The number of fused-ring (bicyclic) bond motifs is 2. The number of anilines is 1. The summed E-state index contributed by atoms with van der Waals surface area (Å²) in [6.45, 7) is 7.22. The Morgan fingerprint density at radius 3 is 2.63 bits per heavy atom. The lowest BCUT2D eigenvalue weighted by Gasteiger charge is -2.19. The van der Waals surface area contributed by atoms with Crippen LogP contribution in [0.2, 0.25) is 0 Å². The summed E-state index contributed by atoms with van der Waals surface area (Å²) in [5.41, 5.74) is 6.30. The van der Waals surface area contributed by atoms with Gasteiger partial charge in [0, 0.05) is 28.5 Å². The minimum atomic E-state index is -0.512. The average molecular weight is 549 g/mol. The van der Waals surface area contributed by atoms with Crippen LogP contribution in [0.4, 0.5) is 5.00 Å². The lowest BCUT2D eigenvalue weighted by atomic mass is 10.0. The van der Waals surface area contributed by atoms with E-state index < -0.39 is 5.97 Å². The number of nitrogens with zero attached hydrogens (tertiary/aromatic N) is 1. The molecule has 1 amide bonds. The third kappa shape index (κ3) is 5.35. The molecule has 0 bridgehead atoms. The maximum absolute atomic E-state index is 12.8. The van der Waals surface area contributed by atoms with Gasteiger partial charge in [-0.05, 0) is 61.7 Å². The summed E-state index contributed by atoms with van der Waals surface area (Å²) >= 11 is 2.84. The number of rotatable bonds is 7. The number of aromatic nitrogens is 1. The van der Waals surface area contributed by atoms with E-state index in [0.29, 0.717) is 46.6 Å². The normalized spacial score (nSPS) is 12.4. The smallest absolute Gasteiger partial charge is 0.341 e. The summed E-state index contributed by atoms with van der Waals surface area (Å²) in [6, 6.07) is 11.9. The molecule has 0 fully saturated rings. The van der Waals surface area contributed by atoms with Crippen molar-refractivity contribution in [3.05, 3.63) is 64.0 Å². The van der Waals surface area contributed by atoms with Gasteiger partial charge < -0.3 is 19.5 Å². The van der Waals surface area contributed by atoms with Gasteiger partial charge in [0.15, 0.2) is 11.5 Å². The fourth-order valence-electron chi connectivity index (χ4n) is 4.50. The highest BCUT2D eigenvalue weighted by Crippen LogP contribution is 2.40. The number of carbonyl (C=O) groups excluding carboxylic acids is 2. The second-order valence-electron chi connectivity index (χ2n) is 9.11. The van der Waals surface area contributed by atoms with Crippen molar-refractivity contribution >= 4 is 50.9 Å². The van der Waals surface area contributed by atoms with E-state index in [9.17, 15) is 9.59 Å². The van der Waals surface area contributed by atoms with Gasteiger partial charge in [-0.3, -0.25) is 4.79 Å². The molecule has 2 aromatic heterocycles. The summed E-state index contributed by atoms with van der Waals surface area (Å²) in [5.74, 6) is 1.16. The standard InChI is InChI=1S/C29H28N2O5S2/c1-16-11-18(3)27-20(12-16)17(2)13-25(31-27)37-10-7-24(32)30-28-26(29(33)34-4)21(15-38-28)19-5-6-22-23(14-19)36-9-8-35-22/h5-6,11-15H,7-10H2,1-4H3,(H,30,32). The Hall–Kier alpha value is -3.56. The molecule has 7 nitrogen and oxygen atoms in total. The molecule has 2 aromatic carbocycles. The third-order valence-electron chi connectivity index (χ3n) is 6.30. The van der Waals surface area contributed by atoms with Gasteiger partial charge in [-0.2, -0.15) is 0 Å². The number of nitrogens with one attached hydrogen (secondary N) is 1. The van der Waals surface area contributed by atoms with E-state index >= 15 is 0 Å². The summed E-state index contributed by atoms with van der Waals surface area (Å²) < 4.78 is 16.3. The molecular formula is C29H28N2O5S2. The zero-order chi connectivity index (χ0) is 26.8. The van der Waals surface area contributed by atoms with Crippen molar-refractivity contribution in [2.45, 2.75) is 32.2 Å². The Labute approximate surface area is 229 Å². The number of thioether (sulfide) groups is 1. The van der Waals surface area contributed by atoms with Crippen LogP contribution in [0.25, 0.3) is 22.0 Å². The van der Waals surface area contributed by atoms with E-state index in [0.717, 1.165) is 27.1 Å². The molecule has 1 aliphatic rings. The van der Waals surface area contributed by atoms with Crippen molar-refractivity contribution < 1.29 is 23.8 Å². The number of pyridine rings is 1. The van der Waals surface area contributed by atoms with Crippen molar-refractivity contribution in [1.82, 2.24) is 4.98 Å². The molecule has 4 aromatic rings. The second-order valence-corrected chi connectivity index (χ2v) is 11.1. The van der Waals surface area contributed by atoms with Gasteiger partial charge in [-0.1, -0.05) is 17.7 Å². The molecule has 1 N–H and O–H groups in total. The molecule has 3 heterocycles. The number of methoxy groups -OCH3 is 1. The fraction of sp³-hybridized carbons (Fsp3) is 0.276. The van der Waals surface area contributed by atoms with Crippen molar-refractivity contribution in [3.8, 4) is 22.6 Å². The third-order valence-corrected chi connectivity index (χ3v) is 8.11. The predicted octanol–water partition coefficient (Wildman–Crippen LogP) is 6.57. The minimum absolute atomic E-state index is 0.178. The summed E-state index contributed by atoms with van der Waals surface area (Å²) in [6.07, 6.45) is 0.272. The molecule has 0 aliphatic carbocycles. The summed E-state index contributed by atoms with van der Waals surface area (Å²) in [4.78, 5) is 30.4. The topological polar surface area (TPSA) is 86.8 Å². The SMILES string of the molecule is COC(=O)c1c(-c2ccc3c(c2)OCCO3)csc1NC(=O)CCSc1cc(C)c2cc(C)cc(C)c2n1. The number of esters is 1. The van der Waals surface area contributed by atoms with E-state index in [1.54, 1.807) is 11.8 Å². The summed E-state index contributed by atoms with van der Waals surface area (Å²) in [5, 5.41) is 7.26. The van der Waals surface area contributed by atoms with Crippen molar-refractivity contribution in [1.29, 1.82) is 0 Å². The lowest BCUT2D eigenvalue weighted by Crippen LogP contribution is -2.15. The Morgan fingerprint density at radius 1 is 1.05 bits per heavy atom. The number of hydrogen-bond donors (Lipinski definition) is 1. The first-order valence-corrected chi connectivity index (χ1v) is 14.1. The van der Waals surface area contributed by atoms with E-state index in [2.05, 4.69) is 44.3 Å². The van der Waals surface area contributed by atoms with Gasteiger partial charge in [0.05, 0.1) is 17.7 Å². The number of thiophene rings is 1. The van der Waals surface area contributed by atoms with E-state index in [-0.39, 0.29) is 12.3 Å². The number of benzene rings is 2. The average Bonchev–Trinajstić information content (AvgIpc) is 3.32. The number of ether oxygens (including phenoxy) is 3. The van der Waals surface area contributed by atoms with Crippen LogP contribution in [0.15, 0.2) is 46.8 Å². The molecule has 5 rings (SSSR count). The summed E-state index contributed by atoms with van der Waals surface area (Å²) in [7, 11) is 1.33. The monoisotopic (exact) mass is 548 g/mol. The highest BCUT2D eigenvalue weighted by atomic mass is 32.2. The predicted molar refractivity (Wildman–Crippen MR) is 152 cm³/mol. The minimum Gasteiger partial charge on any atom is -0.486 e. The maximum atomic E-state index is 12.8. The molecule has 0 saturated carbocycles. The first-order chi connectivity index (χ1) is 18.3. The zero-order valence-corrected chi connectivity index (χ0v) is 23.3. The number of carbonyl (C=O) groups is 2. The second kappa shape index (κ2) is 11.0. The number of aryl methyl sites for hydroxylation is 3. The van der Waals surface area contributed by atoms with E-state index in [1.807, 2.05) is 23.6 Å². The maximum Gasteiger partial charge on any atom is 0.341 e. The highest BCUT2D eigenvalue weighted by Gasteiger charge is 2.24. The van der Waals surface area contributed by atoms with Crippen LogP contribution in [-0.2, 0) is 9.53 Å². The van der Waals surface area contributed by atoms with Crippen molar-refractivity contribution in [2.75, 3.05) is 31.4 Å². The van der Waals surface area contributed by atoms with Crippen LogP contribution in [0.5, 0.6) is 11.5 Å². The quantitative estimate of drug-likeness (QED) is 0.207. The van der Waals surface area contributed by atoms with Crippen molar-refractivity contribution in [3.63, 3.8) is 0 Å². The van der Waals surface area contributed by atoms with Crippen LogP contribution >= 0.6 is 23.1 Å². The molecule has 196 valence electrons. The molecule has 38 heavy (non-hydrogen) atoms. The molecule has 0 radical (unpaired) electrons. The first-order valence-electron chi connectivity index (χ1n) is 12.2. The van der Waals surface area contributed by atoms with Crippen LogP contribution in [-0.4, -0.2) is 42.9 Å². The molecular weight excluding hydrogens is 520 g/mol. The molecule has 0 spiro atoms. The molecule has 9 heteroatoms. The van der Waals surface area contributed by atoms with E-state index in [4.69, 9.17) is 19.2 Å². The first kappa shape index (κ1) is 26.1. The van der Waals surface area contributed by atoms with Gasteiger partial charge in [-0.25, -0.2) is 9.78 Å². The molecule has 0 atom stereocenters. The molecule has 0 saturated heterocycles. The van der Waals surface area contributed by atoms with Gasteiger partial charge in [0.2, 0.25) is 5.91 Å². The van der Waals surface area contributed by atoms with Crippen LogP contribution in [0, 0.1) is 20.8 Å². The molecule has 1 aliphatic heterocycles. The Kier molecular flexibility index (Phi) is 7.58. The van der Waals surface area contributed by atoms with Crippen molar-refractivity contribution in [2.24, 2.45) is 0 Å². The lowest BCUT2D eigenvalue weighted by molar-refractivity contribution is -0.115. The van der Waals surface area contributed by atoms with Crippen LogP contribution < -0.4 is 14.8 Å².